The number of hydrogen-bond acceptors (Lipinski definition) is 7. The summed E-state index contributed by atoms with van der Waals surface area (Å²) in [6.45, 7) is -0.473. The maximum atomic E-state index is 9.62. The summed E-state index contributed by atoms with van der Waals surface area (Å²) in [6.07, 6.45) is -6.08. The molecule has 7 N–H and O–H groups in total. The van der Waals surface area contributed by atoms with Gasteiger partial charge >= 0.3 is 0 Å². The van der Waals surface area contributed by atoms with Crippen LogP contribution in [0.25, 0.3) is 0 Å². The normalized spacial score (nSPS) is 37.6. The van der Waals surface area contributed by atoms with E-state index >= 15 is 0 Å². The molecule has 5 atom stereocenters. The standard InChI is InChI=1S/C8H17N3O5S/c1-9-8(17)11-10-7-6(15)5(14)4(13)3(2-12)16-7/h3-7,10,12-15H,2H2,1H3,(H2,9,11,17)/t3-,4-,5-,6+,7-/m1/s1. The first-order valence-corrected chi connectivity index (χ1v) is 5.45. The molecule has 9 heteroatoms. The summed E-state index contributed by atoms with van der Waals surface area (Å²) >= 11 is 4.79. The molecule has 1 aliphatic rings. The summed E-state index contributed by atoms with van der Waals surface area (Å²) in [6, 6.07) is 0. The molecule has 0 amide bonds. The number of ether oxygens (including phenoxy) is 1. The lowest BCUT2D eigenvalue weighted by molar-refractivity contribution is -0.238. The van der Waals surface area contributed by atoms with Gasteiger partial charge in [-0.15, -0.1) is 0 Å². The molecule has 0 bridgehead atoms. The summed E-state index contributed by atoms with van der Waals surface area (Å²) < 4.78 is 5.15. The summed E-state index contributed by atoms with van der Waals surface area (Å²) in [5.74, 6) is 0. The molecule has 17 heavy (non-hydrogen) atoms. The van der Waals surface area contributed by atoms with Crippen molar-refractivity contribution in [2.24, 2.45) is 0 Å². The minimum Gasteiger partial charge on any atom is -0.394 e. The van der Waals surface area contributed by atoms with Crippen molar-refractivity contribution in [1.82, 2.24) is 16.2 Å². The Labute approximate surface area is 104 Å². The van der Waals surface area contributed by atoms with Crippen molar-refractivity contribution in [1.29, 1.82) is 0 Å². The van der Waals surface area contributed by atoms with Crippen LogP contribution in [-0.2, 0) is 4.74 Å². The fraction of sp³-hybridized carbons (Fsp3) is 0.875. The van der Waals surface area contributed by atoms with Gasteiger partial charge in [0.1, 0.15) is 24.4 Å². The van der Waals surface area contributed by atoms with Crippen molar-refractivity contribution in [3.8, 4) is 0 Å². The Hall–Kier alpha value is -0.550. The highest BCUT2D eigenvalue weighted by molar-refractivity contribution is 7.80. The lowest BCUT2D eigenvalue weighted by Crippen LogP contribution is -2.65. The maximum absolute atomic E-state index is 9.62. The van der Waals surface area contributed by atoms with Crippen LogP contribution in [0.15, 0.2) is 0 Å². The van der Waals surface area contributed by atoms with Crippen LogP contribution in [0, 0.1) is 0 Å². The number of aliphatic hydroxyl groups excluding tert-OH is 4. The molecule has 0 aromatic rings. The smallest absolute Gasteiger partial charge is 0.180 e. The first-order chi connectivity index (χ1) is 8.01. The molecule has 0 aromatic carbocycles. The van der Waals surface area contributed by atoms with Gasteiger partial charge < -0.3 is 30.5 Å². The fourth-order valence-corrected chi connectivity index (χ4v) is 1.48. The van der Waals surface area contributed by atoms with Crippen LogP contribution in [-0.4, -0.2) is 69.8 Å². The zero-order valence-corrected chi connectivity index (χ0v) is 10.0. The quantitative estimate of drug-likeness (QED) is 0.205. The molecule has 1 aliphatic heterocycles. The van der Waals surface area contributed by atoms with Gasteiger partial charge in [0.2, 0.25) is 0 Å². The van der Waals surface area contributed by atoms with Gasteiger partial charge in [0.05, 0.1) is 6.61 Å². The van der Waals surface area contributed by atoms with Crippen molar-refractivity contribution >= 4 is 17.3 Å². The van der Waals surface area contributed by atoms with Crippen molar-refractivity contribution in [3.05, 3.63) is 0 Å². The van der Waals surface area contributed by atoms with Crippen LogP contribution >= 0.6 is 12.2 Å². The van der Waals surface area contributed by atoms with Crippen LogP contribution in [0.2, 0.25) is 0 Å². The van der Waals surface area contributed by atoms with Crippen molar-refractivity contribution in [2.75, 3.05) is 13.7 Å². The van der Waals surface area contributed by atoms with Crippen LogP contribution in [0.5, 0.6) is 0 Å². The van der Waals surface area contributed by atoms with E-state index in [1.165, 1.54) is 0 Å². The summed E-state index contributed by atoms with van der Waals surface area (Å²) in [5, 5.41) is 40.5. The molecule has 0 radical (unpaired) electrons. The SMILES string of the molecule is CNC(=S)NN[C@@H]1O[C@H](CO)[C@@H](O)[C@@H](O)[C@@H]1O. The number of nitrogens with one attached hydrogen (secondary N) is 3. The van der Waals surface area contributed by atoms with E-state index in [9.17, 15) is 15.3 Å². The van der Waals surface area contributed by atoms with Crippen LogP contribution in [0.3, 0.4) is 0 Å². The Bertz CT molecular complexity index is 268. The summed E-state index contributed by atoms with van der Waals surface area (Å²) in [7, 11) is 1.60. The largest absolute Gasteiger partial charge is 0.394 e. The number of rotatable bonds is 3. The van der Waals surface area contributed by atoms with Gasteiger partial charge in [0.15, 0.2) is 11.3 Å². The molecule has 0 spiro atoms. The van der Waals surface area contributed by atoms with Crippen LogP contribution in [0.1, 0.15) is 0 Å². The zero-order valence-electron chi connectivity index (χ0n) is 9.20. The zero-order chi connectivity index (χ0) is 13.0. The van der Waals surface area contributed by atoms with E-state index < -0.39 is 37.3 Å². The highest BCUT2D eigenvalue weighted by Gasteiger charge is 2.43. The van der Waals surface area contributed by atoms with E-state index in [1.54, 1.807) is 7.05 Å². The van der Waals surface area contributed by atoms with Gasteiger partial charge in [-0.1, -0.05) is 0 Å². The highest BCUT2D eigenvalue weighted by atomic mass is 32.1. The number of hydrogen-bond donors (Lipinski definition) is 7. The molecular formula is C8H17N3O5S. The van der Waals surface area contributed by atoms with Crippen LogP contribution < -0.4 is 16.2 Å². The van der Waals surface area contributed by atoms with Crippen molar-refractivity contribution in [3.63, 3.8) is 0 Å². The Kier molecular flexibility index (Phi) is 5.46. The molecule has 1 heterocycles. The minimum absolute atomic E-state index is 0.266. The molecule has 8 nitrogen and oxygen atoms in total. The first-order valence-electron chi connectivity index (χ1n) is 5.05. The second-order valence-electron chi connectivity index (χ2n) is 3.60. The second kappa shape index (κ2) is 6.40. The van der Waals surface area contributed by atoms with Gasteiger partial charge in [0, 0.05) is 7.05 Å². The van der Waals surface area contributed by atoms with E-state index in [0.29, 0.717) is 0 Å². The Morgan fingerprint density at radius 3 is 2.41 bits per heavy atom. The third-order valence-corrected chi connectivity index (χ3v) is 2.75. The van der Waals surface area contributed by atoms with E-state index in [1.807, 2.05) is 0 Å². The van der Waals surface area contributed by atoms with Gasteiger partial charge in [-0.05, 0) is 12.2 Å². The third-order valence-electron chi connectivity index (χ3n) is 2.45. The average Bonchev–Trinajstić information content (AvgIpc) is 2.34. The number of aliphatic hydroxyl groups is 4. The molecule has 1 saturated heterocycles. The fourth-order valence-electron chi connectivity index (χ4n) is 1.42. The Morgan fingerprint density at radius 2 is 1.88 bits per heavy atom. The monoisotopic (exact) mass is 267 g/mol. The van der Waals surface area contributed by atoms with E-state index in [4.69, 9.17) is 22.1 Å². The van der Waals surface area contributed by atoms with Crippen molar-refractivity contribution < 1.29 is 25.2 Å². The van der Waals surface area contributed by atoms with Crippen LogP contribution in [0.4, 0.5) is 0 Å². The molecule has 0 unspecified atom stereocenters. The predicted octanol–water partition coefficient (Wildman–Crippen LogP) is -3.62. The third kappa shape index (κ3) is 3.45. The maximum Gasteiger partial charge on any atom is 0.180 e. The van der Waals surface area contributed by atoms with Gasteiger partial charge in [-0.2, -0.15) is 0 Å². The molecule has 1 fully saturated rings. The molecule has 0 aromatic heterocycles. The lowest BCUT2D eigenvalue weighted by Gasteiger charge is -2.40. The minimum atomic E-state index is -1.41. The molecule has 0 saturated carbocycles. The lowest BCUT2D eigenvalue weighted by atomic mass is 9.99. The van der Waals surface area contributed by atoms with Crippen molar-refractivity contribution in [2.45, 2.75) is 30.6 Å². The van der Waals surface area contributed by atoms with Gasteiger partial charge in [-0.25, -0.2) is 5.43 Å². The van der Waals surface area contributed by atoms with E-state index in [2.05, 4.69) is 16.2 Å². The van der Waals surface area contributed by atoms with Gasteiger partial charge in [-0.3, -0.25) is 5.43 Å². The Balaban J connectivity index is 2.56. The number of thiocarbonyl (C=S) groups is 1. The molecule has 0 aliphatic carbocycles. The topological polar surface area (TPSA) is 126 Å². The molecular weight excluding hydrogens is 250 g/mol. The van der Waals surface area contributed by atoms with E-state index in [0.717, 1.165) is 0 Å². The Morgan fingerprint density at radius 1 is 1.24 bits per heavy atom. The number of hydrazine groups is 1. The predicted molar refractivity (Wildman–Crippen MR) is 61.7 cm³/mol. The summed E-state index contributed by atoms with van der Waals surface area (Å²) in [5.41, 5.74) is 5.05. The first kappa shape index (κ1) is 14.5. The molecule has 1 rings (SSSR count). The second-order valence-corrected chi connectivity index (χ2v) is 4.01. The van der Waals surface area contributed by atoms with Gasteiger partial charge in [0.25, 0.3) is 0 Å². The van der Waals surface area contributed by atoms with E-state index in [-0.39, 0.29) is 5.11 Å². The average molecular weight is 267 g/mol. The summed E-state index contributed by atoms with van der Waals surface area (Å²) in [4.78, 5) is 0. The highest BCUT2D eigenvalue weighted by Crippen LogP contribution is 2.19. The molecule has 100 valence electrons.